The molecule has 0 saturated carbocycles. The molecule has 0 radical (unpaired) electrons. The van der Waals surface area contributed by atoms with Gasteiger partial charge in [-0.05, 0) is 12.0 Å². The molecule has 0 unspecified atom stereocenters. The van der Waals surface area contributed by atoms with Gasteiger partial charge in [-0.2, -0.15) is 13.2 Å². The number of nitrogens with zero attached hydrogens (tertiary/aromatic N) is 2. The molecule has 0 spiro atoms. The Balaban J connectivity index is 2.65. The van der Waals surface area contributed by atoms with Gasteiger partial charge in [-0.1, -0.05) is 25.4 Å². The van der Waals surface area contributed by atoms with Crippen LogP contribution in [-0.4, -0.2) is 22.8 Å². The van der Waals surface area contributed by atoms with Crippen LogP contribution in [0.4, 0.5) is 13.2 Å². The summed E-state index contributed by atoms with van der Waals surface area (Å²) in [6.45, 7) is 2.18. The molecule has 0 aliphatic heterocycles. The zero-order valence-corrected chi connectivity index (χ0v) is 10.1. The smallest absolute Gasteiger partial charge is 0.364 e. The molecule has 0 aliphatic carbocycles. The number of halogens is 4. The Morgan fingerprint density at radius 3 is 2.53 bits per heavy atom. The molecule has 0 aromatic carbocycles. The molecule has 17 heavy (non-hydrogen) atoms. The van der Waals surface area contributed by atoms with Crippen molar-refractivity contribution in [1.82, 2.24) is 9.97 Å². The fourth-order valence-corrected chi connectivity index (χ4v) is 1.31. The Bertz CT molecular complexity index is 382. The number of rotatable bonds is 4. The van der Waals surface area contributed by atoms with Gasteiger partial charge in [0, 0.05) is 5.69 Å². The van der Waals surface area contributed by atoms with Crippen LogP contribution < -0.4 is 0 Å². The first-order chi connectivity index (χ1) is 7.78. The number of hydrogen-bond donors (Lipinski definition) is 0. The molecule has 0 amide bonds. The summed E-state index contributed by atoms with van der Waals surface area (Å²) in [7, 11) is 0. The lowest BCUT2D eigenvalue weighted by Gasteiger charge is -2.09. The van der Waals surface area contributed by atoms with Crippen molar-refractivity contribution in [2.75, 3.05) is 6.61 Å². The minimum Gasteiger partial charge on any atom is -0.364 e. The summed E-state index contributed by atoms with van der Waals surface area (Å²) in [5.41, 5.74) is 0.676. The summed E-state index contributed by atoms with van der Waals surface area (Å²) >= 11 is 5.73. The summed E-state index contributed by atoms with van der Waals surface area (Å²) in [4.78, 5) is 7.86. The molecular weight excluding hydrogens is 257 g/mol. The monoisotopic (exact) mass is 268 g/mol. The van der Waals surface area contributed by atoms with E-state index in [1.165, 1.54) is 0 Å². The SMILES string of the molecule is CC(C)c1cc(Cl)nc(COCC(F)(F)F)n1. The molecule has 0 saturated heterocycles. The molecule has 0 fully saturated rings. The molecule has 7 heteroatoms. The largest absolute Gasteiger partial charge is 0.411 e. The first kappa shape index (κ1) is 14.2. The van der Waals surface area contributed by atoms with Crippen molar-refractivity contribution in [1.29, 1.82) is 0 Å². The molecule has 1 heterocycles. The van der Waals surface area contributed by atoms with Crippen molar-refractivity contribution in [3.05, 3.63) is 22.7 Å². The van der Waals surface area contributed by atoms with E-state index >= 15 is 0 Å². The predicted molar refractivity (Wildman–Crippen MR) is 56.8 cm³/mol. The van der Waals surface area contributed by atoms with Crippen molar-refractivity contribution >= 4 is 11.6 Å². The van der Waals surface area contributed by atoms with E-state index in [1.807, 2.05) is 13.8 Å². The topological polar surface area (TPSA) is 35.0 Å². The molecule has 3 nitrogen and oxygen atoms in total. The highest BCUT2D eigenvalue weighted by molar-refractivity contribution is 6.29. The maximum atomic E-state index is 11.9. The Morgan fingerprint density at radius 2 is 2.00 bits per heavy atom. The summed E-state index contributed by atoms with van der Waals surface area (Å²) in [6, 6.07) is 1.58. The summed E-state index contributed by atoms with van der Waals surface area (Å²) in [5.74, 6) is 0.280. The summed E-state index contributed by atoms with van der Waals surface area (Å²) in [6.07, 6.45) is -4.35. The summed E-state index contributed by atoms with van der Waals surface area (Å²) < 4.78 is 40.0. The minimum absolute atomic E-state index is 0.122. The van der Waals surface area contributed by atoms with Crippen LogP contribution in [0.15, 0.2) is 6.07 Å². The van der Waals surface area contributed by atoms with Crippen LogP contribution >= 0.6 is 11.6 Å². The Hall–Kier alpha value is -0.880. The maximum absolute atomic E-state index is 11.9. The van der Waals surface area contributed by atoms with Gasteiger partial charge in [0.05, 0.1) is 0 Å². The van der Waals surface area contributed by atoms with E-state index in [0.29, 0.717) is 5.69 Å². The van der Waals surface area contributed by atoms with Crippen molar-refractivity contribution in [2.45, 2.75) is 32.5 Å². The molecule has 0 bridgehead atoms. The van der Waals surface area contributed by atoms with Gasteiger partial charge in [0.25, 0.3) is 0 Å². The van der Waals surface area contributed by atoms with E-state index in [1.54, 1.807) is 6.07 Å². The van der Waals surface area contributed by atoms with Crippen LogP contribution in [0, 0.1) is 0 Å². The fourth-order valence-electron chi connectivity index (χ4n) is 1.10. The minimum atomic E-state index is -4.35. The zero-order chi connectivity index (χ0) is 13.1. The van der Waals surface area contributed by atoms with E-state index in [2.05, 4.69) is 14.7 Å². The Kier molecular flexibility index (Phi) is 4.70. The van der Waals surface area contributed by atoms with Crippen LogP contribution in [0.5, 0.6) is 0 Å². The van der Waals surface area contributed by atoms with Gasteiger partial charge in [-0.25, -0.2) is 9.97 Å². The lowest BCUT2D eigenvalue weighted by atomic mass is 10.1. The van der Waals surface area contributed by atoms with Crippen molar-refractivity contribution < 1.29 is 17.9 Å². The number of alkyl halides is 3. The van der Waals surface area contributed by atoms with E-state index in [9.17, 15) is 13.2 Å². The third kappa shape index (κ3) is 5.32. The molecule has 1 aromatic rings. The Labute approximate surface area is 102 Å². The van der Waals surface area contributed by atoms with Crippen LogP contribution in [0.3, 0.4) is 0 Å². The highest BCUT2D eigenvalue weighted by Crippen LogP contribution is 2.17. The molecule has 0 atom stereocenters. The van der Waals surface area contributed by atoms with Gasteiger partial charge >= 0.3 is 6.18 Å². The molecule has 0 N–H and O–H groups in total. The zero-order valence-electron chi connectivity index (χ0n) is 9.38. The average molecular weight is 269 g/mol. The first-order valence-electron chi connectivity index (χ1n) is 4.96. The maximum Gasteiger partial charge on any atom is 0.411 e. The van der Waals surface area contributed by atoms with Crippen molar-refractivity contribution in [3.63, 3.8) is 0 Å². The highest BCUT2D eigenvalue weighted by Gasteiger charge is 2.27. The van der Waals surface area contributed by atoms with Gasteiger partial charge in [0.15, 0.2) is 5.82 Å². The van der Waals surface area contributed by atoms with E-state index in [0.717, 1.165) is 0 Å². The third-order valence-electron chi connectivity index (χ3n) is 1.85. The van der Waals surface area contributed by atoms with Gasteiger partial charge in [-0.15, -0.1) is 0 Å². The lowest BCUT2D eigenvalue weighted by molar-refractivity contribution is -0.177. The van der Waals surface area contributed by atoms with Gasteiger partial charge < -0.3 is 4.74 Å². The fraction of sp³-hybridized carbons (Fsp3) is 0.600. The summed E-state index contributed by atoms with van der Waals surface area (Å²) in [5, 5.41) is 0.203. The molecule has 1 aromatic heterocycles. The highest BCUT2D eigenvalue weighted by atomic mass is 35.5. The lowest BCUT2D eigenvalue weighted by Crippen LogP contribution is -2.17. The number of hydrogen-bond acceptors (Lipinski definition) is 3. The van der Waals surface area contributed by atoms with Gasteiger partial charge in [0.2, 0.25) is 0 Å². The van der Waals surface area contributed by atoms with Crippen LogP contribution in [0.1, 0.15) is 31.3 Å². The molecule has 0 aliphatic rings. The quantitative estimate of drug-likeness (QED) is 0.786. The van der Waals surface area contributed by atoms with Crippen LogP contribution in [0.2, 0.25) is 5.15 Å². The second-order valence-electron chi connectivity index (χ2n) is 3.79. The van der Waals surface area contributed by atoms with Gasteiger partial charge in [0.1, 0.15) is 18.4 Å². The number of aromatic nitrogens is 2. The standard InChI is InChI=1S/C10H12ClF3N2O/c1-6(2)7-3-8(11)16-9(15-7)4-17-5-10(12,13)14/h3,6H,4-5H2,1-2H3. The number of ether oxygens (including phenoxy) is 1. The van der Waals surface area contributed by atoms with E-state index in [-0.39, 0.29) is 23.5 Å². The normalized spacial score (nSPS) is 12.2. The third-order valence-corrected chi connectivity index (χ3v) is 2.04. The first-order valence-corrected chi connectivity index (χ1v) is 5.33. The van der Waals surface area contributed by atoms with Crippen molar-refractivity contribution in [2.24, 2.45) is 0 Å². The molecule has 96 valence electrons. The van der Waals surface area contributed by atoms with E-state index in [4.69, 9.17) is 11.6 Å². The molecular formula is C10H12ClF3N2O. The van der Waals surface area contributed by atoms with Gasteiger partial charge in [-0.3, -0.25) is 0 Å². The second kappa shape index (κ2) is 5.64. The Morgan fingerprint density at radius 1 is 1.35 bits per heavy atom. The molecule has 1 rings (SSSR count). The van der Waals surface area contributed by atoms with Crippen molar-refractivity contribution in [3.8, 4) is 0 Å². The second-order valence-corrected chi connectivity index (χ2v) is 4.18. The van der Waals surface area contributed by atoms with Crippen LogP contribution in [0.25, 0.3) is 0 Å². The average Bonchev–Trinajstić information content (AvgIpc) is 2.14. The predicted octanol–water partition coefficient (Wildman–Crippen LogP) is 3.33. The van der Waals surface area contributed by atoms with E-state index < -0.39 is 12.8 Å². The van der Waals surface area contributed by atoms with Crippen LogP contribution in [-0.2, 0) is 11.3 Å².